The van der Waals surface area contributed by atoms with Gasteiger partial charge in [0, 0.05) is 29.7 Å². The Morgan fingerprint density at radius 2 is 1.62 bits per heavy atom. The number of halogens is 2. The lowest BCUT2D eigenvalue weighted by atomic mass is 10.1. The summed E-state index contributed by atoms with van der Waals surface area (Å²) < 4.78 is 13.8. The molecule has 0 aromatic heterocycles. The lowest BCUT2D eigenvalue weighted by molar-refractivity contribution is 0.0954. The van der Waals surface area contributed by atoms with Crippen LogP contribution >= 0.6 is 15.9 Å². The Hall–Kier alpha value is -2.41. The summed E-state index contributed by atoms with van der Waals surface area (Å²) in [6.45, 7) is 1.17. The van der Waals surface area contributed by atoms with Crippen LogP contribution in [0.5, 0.6) is 0 Å². The molecule has 0 heterocycles. The summed E-state index contributed by atoms with van der Waals surface area (Å²) in [7, 11) is 0. The molecule has 0 spiro atoms. The monoisotopic (exact) mass is 421 g/mol. The lowest BCUT2D eigenvalue weighted by Crippen LogP contribution is -2.40. The summed E-state index contributed by atoms with van der Waals surface area (Å²) in [5, 5.41) is 8.11. The molecule has 0 saturated heterocycles. The molecule has 0 atom stereocenters. The van der Waals surface area contributed by atoms with Gasteiger partial charge in [-0.2, -0.15) is 0 Å². The molecule has 2 aromatic rings. The Kier molecular flexibility index (Phi) is 8.08. The quantitative estimate of drug-likeness (QED) is 0.572. The van der Waals surface area contributed by atoms with Crippen molar-refractivity contribution in [3.63, 3.8) is 0 Å². The first-order valence-corrected chi connectivity index (χ1v) is 9.14. The summed E-state index contributed by atoms with van der Waals surface area (Å²) in [5.41, 5.74) is 1.59. The van der Waals surface area contributed by atoms with Crippen LogP contribution in [0, 0.1) is 5.82 Å². The average molecular weight is 422 g/mol. The van der Waals surface area contributed by atoms with E-state index >= 15 is 0 Å². The number of hydrogen-bond acceptors (Lipinski definition) is 2. The smallest absolute Gasteiger partial charge is 0.314 e. The molecular formula is C19H21BrFN3O2. The predicted molar refractivity (Wildman–Crippen MR) is 103 cm³/mol. The molecule has 0 fully saturated rings. The van der Waals surface area contributed by atoms with Crippen molar-refractivity contribution in [2.24, 2.45) is 0 Å². The fraction of sp³-hybridized carbons (Fsp3) is 0.263. The van der Waals surface area contributed by atoms with E-state index in [2.05, 4.69) is 44.0 Å². The third kappa shape index (κ3) is 7.23. The predicted octanol–water partition coefficient (Wildman–Crippen LogP) is 3.25. The fourth-order valence-electron chi connectivity index (χ4n) is 2.30. The average Bonchev–Trinajstić information content (AvgIpc) is 2.63. The number of nitrogens with one attached hydrogen (secondary N) is 3. The van der Waals surface area contributed by atoms with Crippen molar-refractivity contribution in [2.75, 3.05) is 19.6 Å². The summed E-state index contributed by atoms with van der Waals surface area (Å²) in [5.74, 6) is -0.694. The molecule has 5 nitrogen and oxygen atoms in total. The van der Waals surface area contributed by atoms with Gasteiger partial charge in [0.25, 0.3) is 5.91 Å². The van der Waals surface area contributed by atoms with Crippen molar-refractivity contribution >= 4 is 27.9 Å². The zero-order valence-corrected chi connectivity index (χ0v) is 15.8. The highest BCUT2D eigenvalue weighted by Gasteiger charge is 2.05. The number of carbonyl (C=O) groups excluding carboxylic acids is 2. The maximum Gasteiger partial charge on any atom is 0.314 e. The summed E-state index contributed by atoms with van der Waals surface area (Å²) >= 11 is 3.43. The van der Waals surface area contributed by atoms with Gasteiger partial charge in [0.15, 0.2) is 0 Å². The minimum atomic E-state index is -0.389. The van der Waals surface area contributed by atoms with Crippen LogP contribution in [0.15, 0.2) is 53.0 Å². The number of rotatable bonds is 8. The van der Waals surface area contributed by atoms with Crippen LogP contribution in [0.3, 0.4) is 0 Å². The molecule has 0 saturated carbocycles. The van der Waals surface area contributed by atoms with E-state index in [1.165, 1.54) is 29.8 Å². The first kappa shape index (κ1) is 19.9. The second-order valence-corrected chi connectivity index (χ2v) is 6.59. The van der Waals surface area contributed by atoms with Crippen molar-refractivity contribution < 1.29 is 14.0 Å². The van der Waals surface area contributed by atoms with Crippen molar-refractivity contribution in [2.45, 2.75) is 12.8 Å². The van der Waals surface area contributed by atoms with Crippen LogP contribution in [-0.2, 0) is 6.42 Å². The van der Waals surface area contributed by atoms with Gasteiger partial charge in [0.1, 0.15) is 5.82 Å². The zero-order chi connectivity index (χ0) is 18.8. The van der Waals surface area contributed by atoms with E-state index in [4.69, 9.17) is 0 Å². The molecular weight excluding hydrogens is 401 g/mol. The van der Waals surface area contributed by atoms with Gasteiger partial charge >= 0.3 is 6.03 Å². The van der Waals surface area contributed by atoms with Crippen LogP contribution in [0.2, 0.25) is 0 Å². The van der Waals surface area contributed by atoms with E-state index in [1.807, 2.05) is 12.1 Å². The molecule has 0 aliphatic heterocycles. The number of urea groups is 1. The topological polar surface area (TPSA) is 70.2 Å². The summed E-state index contributed by atoms with van der Waals surface area (Å²) in [4.78, 5) is 23.5. The molecule has 0 bridgehead atoms. The van der Waals surface area contributed by atoms with Gasteiger partial charge in [0.05, 0.1) is 0 Å². The Morgan fingerprint density at radius 1 is 0.923 bits per heavy atom. The van der Waals surface area contributed by atoms with Gasteiger partial charge in [-0.25, -0.2) is 9.18 Å². The van der Waals surface area contributed by atoms with Gasteiger partial charge < -0.3 is 16.0 Å². The third-order valence-corrected chi connectivity index (χ3v) is 4.11. The molecule has 3 N–H and O–H groups in total. The largest absolute Gasteiger partial charge is 0.350 e. The number of benzene rings is 2. The molecule has 3 amide bonds. The molecule has 0 aliphatic carbocycles. The van der Waals surface area contributed by atoms with Gasteiger partial charge in [-0.05, 0) is 54.8 Å². The highest BCUT2D eigenvalue weighted by molar-refractivity contribution is 9.10. The number of aryl methyl sites for hydroxylation is 1. The van der Waals surface area contributed by atoms with Gasteiger partial charge in [0.2, 0.25) is 0 Å². The van der Waals surface area contributed by atoms with Crippen molar-refractivity contribution in [1.29, 1.82) is 0 Å². The standard InChI is InChI=1S/C19H21BrFN3O2/c20-16-5-1-3-14(13-16)4-2-10-23-19(26)24-12-11-22-18(25)15-6-8-17(21)9-7-15/h1,3,5-9,13H,2,4,10-12H2,(H,22,25)(H2,23,24,26). The van der Waals surface area contributed by atoms with E-state index in [-0.39, 0.29) is 17.8 Å². The maximum atomic E-state index is 12.8. The van der Waals surface area contributed by atoms with Crippen LogP contribution in [-0.4, -0.2) is 31.6 Å². The van der Waals surface area contributed by atoms with Crippen LogP contribution in [0.4, 0.5) is 9.18 Å². The molecule has 138 valence electrons. The highest BCUT2D eigenvalue weighted by atomic mass is 79.9. The number of carbonyl (C=O) groups is 2. The van der Waals surface area contributed by atoms with E-state index in [1.54, 1.807) is 0 Å². The fourth-order valence-corrected chi connectivity index (χ4v) is 2.75. The lowest BCUT2D eigenvalue weighted by Gasteiger charge is -2.09. The Labute approximate surface area is 160 Å². The number of hydrogen-bond donors (Lipinski definition) is 3. The van der Waals surface area contributed by atoms with Gasteiger partial charge in [-0.15, -0.1) is 0 Å². The van der Waals surface area contributed by atoms with E-state index < -0.39 is 0 Å². The van der Waals surface area contributed by atoms with E-state index in [0.717, 1.165) is 17.3 Å². The molecule has 0 radical (unpaired) electrons. The van der Waals surface area contributed by atoms with Crippen LogP contribution < -0.4 is 16.0 Å². The highest BCUT2D eigenvalue weighted by Crippen LogP contribution is 2.12. The molecule has 0 aliphatic rings. The van der Waals surface area contributed by atoms with E-state index in [0.29, 0.717) is 25.2 Å². The van der Waals surface area contributed by atoms with Crippen molar-refractivity contribution in [3.8, 4) is 0 Å². The normalized spacial score (nSPS) is 10.2. The third-order valence-electron chi connectivity index (χ3n) is 3.62. The second kappa shape index (κ2) is 10.6. The van der Waals surface area contributed by atoms with E-state index in [9.17, 15) is 14.0 Å². The first-order valence-electron chi connectivity index (χ1n) is 8.34. The summed E-state index contributed by atoms with van der Waals surface area (Å²) in [6.07, 6.45) is 1.72. The van der Waals surface area contributed by atoms with Crippen LogP contribution in [0.25, 0.3) is 0 Å². The molecule has 26 heavy (non-hydrogen) atoms. The molecule has 2 aromatic carbocycles. The second-order valence-electron chi connectivity index (χ2n) is 5.68. The zero-order valence-electron chi connectivity index (χ0n) is 14.2. The minimum absolute atomic E-state index is 0.268. The summed E-state index contributed by atoms with van der Waals surface area (Å²) in [6, 6.07) is 13.1. The van der Waals surface area contributed by atoms with Crippen LogP contribution in [0.1, 0.15) is 22.3 Å². The minimum Gasteiger partial charge on any atom is -0.350 e. The Balaban J connectivity index is 1.54. The maximum absolute atomic E-state index is 12.8. The van der Waals surface area contributed by atoms with Gasteiger partial charge in [-0.1, -0.05) is 28.1 Å². The molecule has 2 rings (SSSR count). The number of amides is 3. The SMILES string of the molecule is O=C(NCCCc1cccc(Br)c1)NCCNC(=O)c1ccc(F)cc1. The Morgan fingerprint density at radius 3 is 2.35 bits per heavy atom. The first-order chi connectivity index (χ1) is 12.5. The molecule has 0 unspecified atom stereocenters. The molecule has 7 heteroatoms. The van der Waals surface area contributed by atoms with Crippen molar-refractivity contribution in [1.82, 2.24) is 16.0 Å². The Bertz CT molecular complexity index is 738. The van der Waals surface area contributed by atoms with Gasteiger partial charge in [-0.3, -0.25) is 4.79 Å². The van der Waals surface area contributed by atoms with Crippen molar-refractivity contribution in [3.05, 3.63) is 69.9 Å².